The quantitative estimate of drug-likeness (QED) is 0.528. The molecule has 0 aromatic rings. The van der Waals surface area contributed by atoms with Crippen molar-refractivity contribution in [3.8, 4) is 0 Å². The van der Waals surface area contributed by atoms with Gasteiger partial charge in [-0.25, -0.2) is 0 Å². The molecule has 0 aromatic carbocycles. The molecule has 51 valence electrons. The number of nitrogens with zero attached hydrogens (tertiary/aromatic N) is 1. The van der Waals surface area contributed by atoms with Crippen LogP contribution in [0, 0.1) is 0 Å². The molecule has 0 fully saturated rings. The number of nitrogens with one attached hydrogen (secondary N) is 1. The van der Waals surface area contributed by atoms with Crippen LogP contribution >= 0.6 is 0 Å². The fourth-order valence-corrected chi connectivity index (χ4v) is 1.16. The standard InChI is InChI=1S/C8H9N2/c1-3-7-8(9-5-1)4-2-6-10-7/h1-2,5-6,9H,3-4H2. The molecule has 0 amide bonds. The van der Waals surface area contributed by atoms with E-state index in [1.54, 1.807) is 0 Å². The summed E-state index contributed by atoms with van der Waals surface area (Å²) in [5.74, 6) is 0. The van der Waals surface area contributed by atoms with Crippen molar-refractivity contribution >= 4 is 0 Å². The number of rotatable bonds is 0. The van der Waals surface area contributed by atoms with E-state index >= 15 is 0 Å². The summed E-state index contributed by atoms with van der Waals surface area (Å²) >= 11 is 0. The molecule has 10 heavy (non-hydrogen) atoms. The lowest BCUT2D eigenvalue weighted by Crippen LogP contribution is -2.17. The highest BCUT2D eigenvalue weighted by Crippen LogP contribution is 2.16. The summed E-state index contributed by atoms with van der Waals surface area (Å²) in [5.41, 5.74) is 2.44. The molecule has 0 saturated heterocycles. The minimum Gasteiger partial charge on any atom is -0.364 e. The second kappa shape index (κ2) is 2.21. The van der Waals surface area contributed by atoms with E-state index in [0.29, 0.717) is 0 Å². The maximum Gasteiger partial charge on any atom is 0.0637 e. The average molecular weight is 133 g/mol. The second-order valence-electron chi connectivity index (χ2n) is 2.39. The zero-order chi connectivity index (χ0) is 6.81. The zero-order valence-electron chi connectivity index (χ0n) is 5.67. The first-order chi connectivity index (χ1) is 4.97. The van der Waals surface area contributed by atoms with E-state index in [0.717, 1.165) is 12.8 Å². The SMILES string of the molecule is C1=CNC2=C(C1)[N]C=CC2. The van der Waals surface area contributed by atoms with Gasteiger partial charge in [0.2, 0.25) is 0 Å². The fraction of sp³-hybridized carbons (Fsp3) is 0.250. The van der Waals surface area contributed by atoms with Gasteiger partial charge in [0.25, 0.3) is 0 Å². The lowest BCUT2D eigenvalue weighted by atomic mass is 10.1. The van der Waals surface area contributed by atoms with Gasteiger partial charge in [-0.2, -0.15) is 0 Å². The number of dihydropyridines is 1. The minimum absolute atomic E-state index is 0.979. The Kier molecular flexibility index (Phi) is 1.24. The van der Waals surface area contributed by atoms with Gasteiger partial charge >= 0.3 is 0 Å². The summed E-state index contributed by atoms with van der Waals surface area (Å²) in [6.07, 6.45) is 9.98. The third-order valence-corrected chi connectivity index (χ3v) is 1.69. The van der Waals surface area contributed by atoms with Crippen LogP contribution in [0.2, 0.25) is 0 Å². The third-order valence-electron chi connectivity index (χ3n) is 1.69. The molecule has 2 aliphatic heterocycles. The van der Waals surface area contributed by atoms with Gasteiger partial charge in [0.05, 0.1) is 5.70 Å². The monoisotopic (exact) mass is 133 g/mol. The Labute approximate surface area is 60.3 Å². The van der Waals surface area contributed by atoms with Crippen LogP contribution in [-0.2, 0) is 0 Å². The van der Waals surface area contributed by atoms with E-state index in [2.05, 4.69) is 22.8 Å². The van der Waals surface area contributed by atoms with E-state index < -0.39 is 0 Å². The van der Waals surface area contributed by atoms with Crippen LogP contribution in [0.4, 0.5) is 0 Å². The molecule has 1 radical (unpaired) electrons. The smallest absolute Gasteiger partial charge is 0.0637 e. The number of allylic oxidation sites excluding steroid dienone is 2. The molecule has 0 bridgehead atoms. The molecule has 0 spiro atoms. The summed E-state index contributed by atoms with van der Waals surface area (Å²) < 4.78 is 0. The van der Waals surface area contributed by atoms with Gasteiger partial charge in [0.1, 0.15) is 0 Å². The predicted octanol–water partition coefficient (Wildman–Crippen LogP) is 1.23. The van der Waals surface area contributed by atoms with Crippen molar-refractivity contribution < 1.29 is 0 Å². The van der Waals surface area contributed by atoms with Gasteiger partial charge in [-0.15, -0.1) is 0 Å². The highest BCUT2D eigenvalue weighted by molar-refractivity contribution is 5.26. The van der Waals surface area contributed by atoms with Crippen LogP contribution in [0.3, 0.4) is 0 Å². The summed E-state index contributed by atoms with van der Waals surface area (Å²) in [6, 6.07) is 0. The normalized spacial score (nSPS) is 21.6. The van der Waals surface area contributed by atoms with Gasteiger partial charge in [0.15, 0.2) is 0 Å². The number of hydrogen-bond donors (Lipinski definition) is 1. The maximum atomic E-state index is 4.24. The molecule has 2 heterocycles. The van der Waals surface area contributed by atoms with Gasteiger partial charge in [-0.1, -0.05) is 12.2 Å². The van der Waals surface area contributed by atoms with E-state index in [1.165, 1.54) is 11.4 Å². The maximum absolute atomic E-state index is 4.24. The lowest BCUT2D eigenvalue weighted by molar-refractivity contribution is 0.805. The van der Waals surface area contributed by atoms with E-state index in [4.69, 9.17) is 0 Å². The Morgan fingerprint density at radius 1 is 1.30 bits per heavy atom. The Bertz CT molecular complexity index is 179. The number of hydrogen-bond acceptors (Lipinski definition) is 1. The van der Waals surface area contributed by atoms with Crippen molar-refractivity contribution in [3.63, 3.8) is 0 Å². The molecular formula is C8H9N2. The molecule has 0 atom stereocenters. The predicted molar refractivity (Wildman–Crippen MR) is 39.8 cm³/mol. The summed E-state index contributed by atoms with van der Waals surface area (Å²) in [6.45, 7) is 0. The van der Waals surface area contributed by atoms with Crippen molar-refractivity contribution in [2.45, 2.75) is 12.8 Å². The topological polar surface area (TPSA) is 26.1 Å². The first kappa shape index (κ1) is 5.59. The zero-order valence-corrected chi connectivity index (χ0v) is 5.67. The summed E-state index contributed by atoms with van der Waals surface area (Å²) in [4.78, 5) is 0. The summed E-state index contributed by atoms with van der Waals surface area (Å²) in [7, 11) is 0. The molecule has 0 unspecified atom stereocenters. The van der Waals surface area contributed by atoms with E-state index in [1.807, 2.05) is 12.4 Å². The third kappa shape index (κ3) is 0.817. The first-order valence-corrected chi connectivity index (χ1v) is 3.46. The van der Waals surface area contributed by atoms with Crippen molar-refractivity contribution in [2.24, 2.45) is 0 Å². The van der Waals surface area contributed by atoms with Crippen LogP contribution in [-0.4, -0.2) is 0 Å². The first-order valence-electron chi connectivity index (χ1n) is 3.46. The van der Waals surface area contributed by atoms with Crippen molar-refractivity contribution in [1.29, 1.82) is 0 Å². The van der Waals surface area contributed by atoms with Crippen molar-refractivity contribution in [2.75, 3.05) is 0 Å². The molecule has 2 nitrogen and oxygen atoms in total. The molecule has 0 aliphatic carbocycles. The van der Waals surface area contributed by atoms with Gasteiger partial charge in [-0.05, 0) is 6.20 Å². The second-order valence-corrected chi connectivity index (χ2v) is 2.39. The molecule has 0 saturated carbocycles. The van der Waals surface area contributed by atoms with Crippen LogP contribution in [0.5, 0.6) is 0 Å². The Morgan fingerprint density at radius 3 is 3.20 bits per heavy atom. The Morgan fingerprint density at radius 2 is 2.30 bits per heavy atom. The lowest BCUT2D eigenvalue weighted by Gasteiger charge is -2.17. The molecule has 1 N–H and O–H groups in total. The van der Waals surface area contributed by atoms with Crippen molar-refractivity contribution in [3.05, 3.63) is 35.9 Å². The molecule has 2 rings (SSSR count). The summed E-state index contributed by atoms with van der Waals surface area (Å²) in [5, 5.41) is 7.41. The Hall–Kier alpha value is -1.18. The average Bonchev–Trinajstić information content (AvgIpc) is 2.05. The van der Waals surface area contributed by atoms with Crippen LogP contribution in [0.1, 0.15) is 12.8 Å². The highest BCUT2D eigenvalue weighted by Gasteiger charge is 2.09. The van der Waals surface area contributed by atoms with E-state index in [9.17, 15) is 0 Å². The highest BCUT2D eigenvalue weighted by atomic mass is 15.0. The fourth-order valence-electron chi connectivity index (χ4n) is 1.16. The Balaban J connectivity index is 2.19. The van der Waals surface area contributed by atoms with Crippen LogP contribution in [0.25, 0.3) is 0 Å². The van der Waals surface area contributed by atoms with E-state index in [-0.39, 0.29) is 0 Å². The minimum atomic E-state index is 0.979. The van der Waals surface area contributed by atoms with Gasteiger partial charge < -0.3 is 5.32 Å². The van der Waals surface area contributed by atoms with Crippen LogP contribution in [0.15, 0.2) is 35.9 Å². The van der Waals surface area contributed by atoms with Gasteiger partial charge in [-0.3, -0.25) is 5.32 Å². The van der Waals surface area contributed by atoms with Crippen molar-refractivity contribution in [1.82, 2.24) is 10.6 Å². The molecular weight excluding hydrogens is 124 g/mol. The largest absolute Gasteiger partial charge is 0.364 e. The molecule has 2 aliphatic rings. The van der Waals surface area contributed by atoms with Gasteiger partial charge in [0, 0.05) is 24.7 Å². The van der Waals surface area contributed by atoms with Crippen LogP contribution < -0.4 is 10.6 Å². The molecule has 2 heteroatoms. The molecule has 0 aromatic heterocycles.